The minimum absolute atomic E-state index is 0.0327. The Morgan fingerprint density at radius 3 is 2.12 bits per heavy atom. The molecular formula is C13H3Br3Cl2F3N3. The molecule has 2 rings (SSSR count). The van der Waals surface area contributed by atoms with Gasteiger partial charge in [0.25, 0.3) is 0 Å². The van der Waals surface area contributed by atoms with Gasteiger partial charge in [-0.1, -0.05) is 23.2 Å². The molecule has 126 valence electrons. The lowest BCUT2D eigenvalue weighted by molar-refractivity contribution is -0.137. The van der Waals surface area contributed by atoms with Crippen LogP contribution in [0.2, 0.25) is 10.0 Å². The molecule has 1 heterocycles. The summed E-state index contributed by atoms with van der Waals surface area (Å²) in [6.45, 7) is 0. The number of hydrogen-bond donors (Lipinski definition) is 0. The SMILES string of the molecule is N#Cc1nn(-c2c(Cl)cc(C(F)(F)F)cc2Cl)cc1C(Br)=C(Br)Br. The Morgan fingerprint density at radius 1 is 1.17 bits per heavy atom. The van der Waals surface area contributed by atoms with Gasteiger partial charge in [0.05, 0.1) is 23.5 Å². The van der Waals surface area contributed by atoms with Crippen molar-refractivity contribution in [3.05, 3.63) is 48.6 Å². The van der Waals surface area contributed by atoms with Gasteiger partial charge in [-0.2, -0.15) is 23.5 Å². The number of aromatic nitrogens is 2. The van der Waals surface area contributed by atoms with E-state index in [1.54, 1.807) is 0 Å². The number of alkyl halides is 3. The smallest absolute Gasteiger partial charge is 0.236 e. The predicted octanol–water partition coefficient (Wildman–Crippen LogP) is 6.88. The van der Waals surface area contributed by atoms with E-state index in [2.05, 4.69) is 52.9 Å². The molecule has 0 bridgehead atoms. The van der Waals surface area contributed by atoms with E-state index >= 15 is 0 Å². The Labute approximate surface area is 169 Å². The maximum Gasteiger partial charge on any atom is 0.416 e. The van der Waals surface area contributed by atoms with Crippen molar-refractivity contribution in [1.29, 1.82) is 5.26 Å². The maximum atomic E-state index is 12.8. The first-order valence-electron chi connectivity index (χ1n) is 5.83. The Balaban J connectivity index is 2.67. The van der Waals surface area contributed by atoms with Crippen LogP contribution in [0.15, 0.2) is 21.7 Å². The summed E-state index contributed by atoms with van der Waals surface area (Å²) < 4.78 is 40.6. The zero-order chi connectivity index (χ0) is 18.2. The van der Waals surface area contributed by atoms with Crippen molar-refractivity contribution in [2.24, 2.45) is 0 Å². The van der Waals surface area contributed by atoms with E-state index < -0.39 is 11.7 Å². The summed E-state index contributed by atoms with van der Waals surface area (Å²) in [4.78, 5) is 0. The van der Waals surface area contributed by atoms with E-state index in [1.807, 2.05) is 6.07 Å². The highest BCUT2D eigenvalue weighted by atomic mass is 79.9. The van der Waals surface area contributed by atoms with Gasteiger partial charge in [-0.25, -0.2) is 4.68 Å². The summed E-state index contributed by atoms with van der Waals surface area (Å²) in [6, 6.07) is 3.40. The molecular weight excluding hydrogens is 566 g/mol. The van der Waals surface area contributed by atoms with Gasteiger partial charge < -0.3 is 0 Å². The quantitative estimate of drug-likeness (QED) is 0.396. The molecule has 0 N–H and O–H groups in total. The van der Waals surface area contributed by atoms with Crippen molar-refractivity contribution in [3.63, 3.8) is 0 Å². The molecule has 0 spiro atoms. The van der Waals surface area contributed by atoms with Crippen LogP contribution in [0.5, 0.6) is 0 Å². The molecule has 0 saturated heterocycles. The fourth-order valence-electron chi connectivity index (χ4n) is 1.78. The molecule has 11 heteroatoms. The third kappa shape index (κ3) is 3.99. The standard InChI is InChI=1S/C13H3Br3Cl2F3N3/c14-10(12(15)16)6-4-24(23-9(6)3-22)11-7(17)1-5(2-8(11)18)13(19,20)21/h1-2,4H. The van der Waals surface area contributed by atoms with Crippen LogP contribution in [-0.4, -0.2) is 9.78 Å². The molecule has 0 unspecified atom stereocenters. The van der Waals surface area contributed by atoms with E-state index in [-0.39, 0.29) is 21.4 Å². The highest BCUT2D eigenvalue weighted by Gasteiger charge is 2.32. The zero-order valence-electron chi connectivity index (χ0n) is 11.1. The lowest BCUT2D eigenvalue weighted by Crippen LogP contribution is -2.07. The first-order chi connectivity index (χ1) is 11.1. The Bertz CT molecular complexity index is 858. The highest BCUT2D eigenvalue weighted by Crippen LogP contribution is 2.39. The predicted molar refractivity (Wildman–Crippen MR) is 97.0 cm³/mol. The van der Waals surface area contributed by atoms with Gasteiger partial charge in [0.15, 0.2) is 5.69 Å². The molecule has 0 atom stereocenters. The average Bonchev–Trinajstić information content (AvgIpc) is 2.88. The van der Waals surface area contributed by atoms with Crippen LogP contribution in [0.4, 0.5) is 13.2 Å². The van der Waals surface area contributed by atoms with E-state index in [1.165, 1.54) is 6.20 Å². The molecule has 0 aliphatic rings. The lowest BCUT2D eigenvalue weighted by Gasteiger charge is -2.12. The second-order valence-corrected chi connectivity index (χ2v) is 8.57. The molecule has 0 amide bonds. The summed E-state index contributed by atoms with van der Waals surface area (Å²) in [5, 5.41) is 12.7. The minimum Gasteiger partial charge on any atom is -0.236 e. The molecule has 0 fully saturated rings. The van der Waals surface area contributed by atoms with E-state index in [0.717, 1.165) is 16.8 Å². The fraction of sp³-hybridized carbons (Fsp3) is 0.0769. The van der Waals surface area contributed by atoms with Gasteiger partial charge in [0.2, 0.25) is 0 Å². The maximum absolute atomic E-state index is 12.8. The van der Waals surface area contributed by atoms with Crippen LogP contribution in [0, 0.1) is 11.3 Å². The fourth-order valence-corrected chi connectivity index (χ4v) is 3.16. The topological polar surface area (TPSA) is 41.6 Å². The second kappa shape index (κ2) is 7.38. The largest absolute Gasteiger partial charge is 0.416 e. The van der Waals surface area contributed by atoms with Gasteiger partial charge >= 0.3 is 6.18 Å². The molecule has 0 radical (unpaired) electrons. The number of benzene rings is 1. The molecule has 2 aromatic rings. The summed E-state index contributed by atoms with van der Waals surface area (Å²) >= 11 is 21.6. The molecule has 1 aromatic carbocycles. The van der Waals surface area contributed by atoms with Crippen LogP contribution in [0.1, 0.15) is 16.8 Å². The Kier molecular flexibility index (Phi) is 6.08. The van der Waals surface area contributed by atoms with Crippen molar-refractivity contribution in [3.8, 4) is 11.8 Å². The summed E-state index contributed by atoms with van der Waals surface area (Å²) in [5.74, 6) is 0. The third-order valence-electron chi connectivity index (χ3n) is 2.80. The number of rotatable bonds is 2. The van der Waals surface area contributed by atoms with Gasteiger partial charge in [-0.05, 0) is 59.9 Å². The zero-order valence-corrected chi connectivity index (χ0v) is 17.4. The molecule has 0 saturated carbocycles. The van der Waals surface area contributed by atoms with Crippen molar-refractivity contribution in [2.45, 2.75) is 6.18 Å². The van der Waals surface area contributed by atoms with Gasteiger partial charge in [-0.3, -0.25) is 0 Å². The highest BCUT2D eigenvalue weighted by molar-refractivity contribution is 9.29. The van der Waals surface area contributed by atoms with Crippen LogP contribution in [0.3, 0.4) is 0 Å². The summed E-state index contributed by atoms with van der Waals surface area (Å²) in [5.41, 5.74) is -0.503. The van der Waals surface area contributed by atoms with Gasteiger partial charge in [0.1, 0.15) is 11.8 Å². The van der Waals surface area contributed by atoms with Crippen molar-refractivity contribution in [1.82, 2.24) is 9.78 Å². The van der Waals surface area contributed by atoms with E-state index in [4.69, 9.17) is 23.2 Å². The van der Waals surface area contributed by atoms with E-state index in [9.17, 15) is 18.4 Å². The van der Waals surface area contributed by atoms with E-state index in [0.29, 0.717) is 13.4 Å². The lowest BCUT2D eigenvalue weighted by atomic mass is 10.2. The monoisotopic (exact) mass is 565 g/mol. The van der Waals surface area contributed by atoms with Crippen LogP contribution >= 0.6 is 71.0 Å². The van der Waals surface area contributed by atoms with Crippen molar-refractivity contribution < 1.29 is 13.2 Å². The van der Waals surface area contributed by atoms with Crippen molar-refractivity contribution >= 4 is 75.5 Å². The van der Waals surface area contributed by atoms with Crippen LogP contribution in [0.25, 0.3) is 10.2 Å². The summed E-state index contributed by atoms with van der Waals surface area (Å²) in [7, 11) is 0. The molecule has 0 aliphatic carbocycles. The number of nitrogens with zero attached hydrogens (tertiary/aromatic N) is 3. The molecule has 1 aromatic heterocycles. The van der Waals surface area contributed by atoms with Crippen LogP contribution < -0.4 is 0 Å². The second-order valence-electron chi connectivity index (χ2n) is 4.31. The van der Waals surface area contributed by atoms with Gasteiger partial charge in [-0.15, -0.1) is 0 Å². The first-order valence-corrected chi connectivity index (χ1v) is 8.97. The number of halogens is 8. The number of hydrogen-bond acceptors (Lipinski definition) is 2. The summed E-state index contributed by atoms with van der Waals surface area (Å²) in [6.07, 6.45) is -3.16. The normalized spacial score (nSPS) is 11.3. The third-order valence-corrected chi connectivity index (χ3v) is 6.05. The van der Waals surface area contributed by atoms with Crippen LogP contribution in [-0.2, 0) is 6.18 Å². The Morgan fingerprint density at radius 2 is 1.71 bits per heavy atom. The minimum atomic E-state index is -4.58. The van der Waals surface area contributed by atoms with Crippen molar-refractivity contribution in [2.75, 3.05) is 0 Å². The molecule has 3 nitrogen and oxygen atoms in total. The molecule has 24 heavy (non-hydrogen) atoms. The Hall–Kier alpha value is -0.530. The van der Waals surface area contributed by atoms with Gasteiger partial charge in [0, 0.05) is 11.8 Å². The average molecular weight is 569 g/mol. The number of nitriles is 1. The first kappa shape index (κ1) is 19.8. The molecule has 0 aliphatic heterocycles.